The van der Waals surface area contributed by atoms with Gasteiger partial charge >= 0.3 is 0 Å². The maximum atomic E-state index is 12.6. The number of carbonyl (C=O) groups is 1. The number of hydrogen-bond donors (Lipinski definition) is 1. The largest absolute Gasteiger partial charge is 0.369 e. The van der Waals surface area contributed by atoms with Crippen molar-refractivity contribution in [2.24, 2.45) is 5.10 Å². The molecule has 5 heteroatoms. The predicted molar refractivity (Wildman–Crippen MR) is 145 cm³/mol. The molecular formula is C30H36N4O. The molecule has 4 rings (SSSR count). The van der Waals surface area contributed by atoms with Crippen LogP contribution in [0.3, 0.4) is 0 Å². The number of hydrazone groups is 1. The number of anilines is 1. The summed E-state index contributed by atoms with van der Waals surface area (Å²) in [4.78, 5) is 17.5. The molecule has 1 N–H and O–H groups in total. The zero-order valence-corrected chi connectivity index (χ0v) is 21.3. The van der Waals surface area contributed by atoms with Crippen molar-refractivity contribution in [2.75, 3.05) is 31.1 Å². The number of amides is 1. The Morgan fingerprint density at radius 2 is 1.43 bits per heavy atom. The first kappa shape index (κ1) is 24.7. The third-order valence-corrected chi connectivity index (χ3v) is 6.61. The second-order valence-electron chi connectivity index (χ2n) is 10.3. The third kappa shape index (κ3) is 6.58. The van der Waals surface area contributed by atoms with Gasteiger partial charge in [-0.05, 0) is 53.3 Å². The molecule has 0 spiro atoms. The van der Waals surface area contributed by atoms with Crippen molar-refractivity contribution in [1.29, 1.82) is 0 Å². The molecular weight excluding hydrogens is 432 g/mol. The highest BCUT2D eigenvalue weighted by atomic mass is 16.2. The molecule has 182 valence electrons. The standard InChI is InChI=1S/C30H36N4O/c1-23(25-14-16-27(17-15-25)30(2,3)4)31-32-29(35)26-12-10-24(11-13-26)22-33-18-20-34(21-19-33)28-8-6-5-7-9-28/h5-17H,18-22H2,1-4H3,(H,32,35)/b31-23+. The number of para-hydroxylation sites is 1. The lowest BCUT2D eigenvalue weighted by Crippen LogP contribution is -2.45. The summed E-state index contributed by atoms with van der Waals surface area (Å²) < 4.78 is 0. The first-order valence-corrected chi connectivity index (χ1v) is 12.4. The van der Waals surface area contributed by atoms with E-state index in [-0.39, 0.29) is 11.3 Å². The number of rotatable bonds is 6. The SMILES string of the molecule is C/C(=N\NC(=O)c1ccc(CN2CCN(c3ccccc3)CC2)cc1)c1ccc(C(C)(C)C)cc1. The number of hydrogen-bond acceptors (Lipinski definition) is 4. The Kier molecular flexibility index (Phi) is 7.67. The van der Waals surface area contributed by atoms with Crippen LogP contribution in [0.2, 0.25) is 0 Å². The maximum absolute atomic E-state index is 12.6. The normalized spacial score (nSPS) is 15.2. The van der Waals surface area contributed by atoms with E-state index >= 15 is 0 Å². The van der Waals surface area contributed by atoms with E-state index in [0.717, 1.165) is 44.0 Å². The smallest absolute Gasteiger partial charge is 0.271 e. The zero-order valence-electron chi connectivity index (χ0n) is 21.3. The van der Waals surface area contributed by atoms with Gasteiger partial charge in [-0.2, -0.15) is 5.10 Å². The van der Waals surface area contributed by atoms with Gasteiger partial charge in [0, 0.05) is 44.0 Å². The number of nitrogens with one attached hydrogen (secondary N) is 1. The molecule has 0 aromatic heterocycles. The van der Waals surface area contributed by atoms with E-state index in [1.807, 2.05) is 31.2 Å². The zero-order chi connectivity index (χ0) is 24.8. The van der Waals surface area contributed by atoms with Gasteiger partial charge in [-0.3, -0.25) is 9.69 Å². The first-order chi connectivity index (χ1) is 16.8. The molecule has 1 amide bonds. The van der Waals surface area contributed by atoms with Crippen LogP contribution in [0.25, 0.3) is 0 Å². The molecule has 1 saturated heterocycles. The van der Waals surface area contributed by atoms with E-state index in [1.54, 1.807) is 0 Å². The fourth-order valence-electron chi connectivity index (χ4n) is 4.30. The Hall–Kier alpha value is -3.44. The number of benzene rings is 3. The van der Waals surface area contributed by atoms with Crippen LogP contribution in [-0.2, 0) is 12.0 Å². The minimum absolute atomic E-state index is 0.112. The van der Waals surface area contributed by atoms with Crippen LogP contribution in [0.5, 0.6) is 0 Å². The van der Waals surface area contributed by atoms with Crippen LogP contribution in [0.1, 0.15) is 54.7 Å². The number of piperazine rings is 1. The Morgan fingerprint density at radius 3 is 2.03 bits per heavy atom. The molecule has 5 nitrogen and oxygen atoms in total. The van der Waals surface area contributed by atoms with Gasteiger partial charge in [-0.1, -0.05) is 75.4 Å². The van der Waals surface area contributed by atoms with Crippen LogP contribution in [0.15, 0.2) is 84.0 Å². The molecule has 1 aliphatic heterocycles. The Morgan fingerprint density at radius 1 is 0.829 bits per heavy atom. The summed E-state index contributed by atoms with van der Waals surface area (Å²) in [7, 11) is 0. The molecule has 0 atom stereocenters. The van der Waals surface area contributed by atoms with Crippen LogP contribution in [0.4, 0.5) is 5.69 Å². The van der Waals surface area contributed by atoms with E-state index in [9.17, 15) is 4.79 Å². The molecule has 3 aromatic carbocycles. The van der Waals surface area contributed by atoms with Crippen LogP contribution >= 0.6 is 0 Å². The lowest BCUT2D eigenvalue weighted by atomic mass is 9.86. The van der Waals surface area contributed by atoms with Gasteiger partial charge in [0.1, 0.15) is 0 Å². The summed E-state index contributed by atoms with van der Waals surface area (Å²) in [6.45, 7) is 13.5. The van der Waals surface area contributed by atoms with E-state index in [0.29, 0.717) is 5.56 Å². The lowest BCUT2D eigenvalue weighted by Gasteiger charge is -2.36. The fourth-order valence-corrected chi connectivity index (χ4v) is 4.30. The summed E-state index contributed by atoms with van der Waals surface area (Å²) in [5.74, 6) is -0.196. The summed E-state index contributed by atoms with van der Waals surface area (Å²) in [5.41, 5.74) is 8.99. The van der Waals surface area contributed by atoms with Crippen molar-refractivity contribution < 1.29 is 4.79 Å². The molecule has 1 fully saturated rings. The Labute approximate surface area is 209 Å². The van der Waals surface area contributed by atoms with Crippen molar-refractivity contribution in [3.8, 4) is 0 Å². The van der Waals surface area contributed by atoms with Crippen LogP contribution < -0.4 is 10.3 Å². The molecule has 35 heavy (non-hydrogen) atoms. The van der Waals surface area contributed by atoms with Gasteiger partial charge < -0.3 is 4.90 Å². The molecule has 0 bridgehead atoms. The highest BCUT2D eigenvalue weighted by Gasteiger charge is 2.17. The van der Waals surface area contributed by atoms with Gasteiger partial charge in [0.25, 0.3) is 5.91 Å². The van der Waals surface area contributed by atoms with Gasteiger partial charge in [0.15, 0.2) is 0 Å². The third-order valence-electron chi connectivity index (χ3n) is 6.61. The average molecular weight is 469 g/mol. The van der Waals surface area contributed by atoms with Gasteiger partial charge in [0.05, 0.1) is 5.71 Å². The average Bonchev–Trinajstić information content (AvgIpc) is 2.88. The minimum atomic E-state index is -0.196. The van der Waals surface area contributed by atoms with E-state index in [2.05, 4.69) is 95.7 Å². The van der Waals surface area contributed by atoms with Crippen molar-refractivity contribution in [2.45, 2.75) is 39.7 Å². The second-order valence-corrected chi connectivity index (χ2v) is 10.3. The lowest BCUT2D eigenvalue weighted by molar-refractivity contribution is 0.0955. The van der Waals surface area contributed by atoms with Crippen molar-refractivity contribution in [3.63, 3.8) is 0 Å². The number of carbonyl (C=O) groups excluding carboxylic acids is 1. The monoisotopic (exact) mass is 468 g/mol. The highest BCUT2D eigenvalue weighted by Crippen LogP contribution is 2.22. The molecule has 3 aromatic rings. The molecule has 0 saturated carbocycles. The Balaban J connectivity index is 1.28. The number of nitrogens with zero attached hydrogens (tertiary/aromatic N) is 3. The van der Waals surface area contributed by atoms with Gasteiger partial charge in [0.2, 0.25) is 0 Å². The first-order valence-electron chi connectivity index (χ1n) is 12.4. The second kappa shape index (κ2) is 10.9. The summed E-state index contributed by atoms with van der Waals surface area (Å²) in [6, 6.07) is 26.8. The minimum Gasteiger partial charge on any atom is -0.369 e. The molecule has 0 unspecified atom stereocenters. The van der Waals surface area contributed by atoms with Crippen molar-refractivity contribution >= 4 is 17.3 Å². The van der Waals surface area contributed by atoms with Crippen LogP contribution in [0, 0.1) is 0 Å². The molecule has 0 aliphatic carbocycles. The Bertz CT molecular complexity index is 1140. The molecule has 1 heterocycles. The molecule has 1 aliphatic rings. The van der Waals surface area contributed by atoms with Gasteiger partial charge in [-0.25, -0.2) is 5.43 Å². The molecule has 0 radical (unpaired) electrons. The topological polar surface area (TPSA) is 47.9 Å². The predicted octanol–water partition coefficient (Wildman–Crippen LogP) is 5.46. The van der Waals surface area contributed by atoms with Gasteiger partial charge in [-0.15, -0.1) is 0 Å². The van der Waals surface area contributed by atoms with E-state index in [4.69, 9.17) is 0 Å². The quantitative estimate of drug-likeness (QED) is 0.386. The summed E-state index contributed by atoms with van der Waals surface area (Å²) in [6.07, 6.45) is 0. The maximum Gasteiger partial charge on any atom is 0.271 e. The van der Waals surface area contributed by atoms with E-state index < -0.39 is 0 Å². The summed E-state index contributed by atoms with van der Waals surface area (Å²) >= 11 is 0. The fraction of sp³-hybridized carbons (Fsp3) is 0.333. The van der Waals surface area contributed by atoms with Crippen molar-refractivity contribution in [1.82, 2.24) is 10.3 Å². The van der Waals surface area contributed by atoms with Crippen LogP contribution in [-0.4, -0.2) is 42.7 Å². The summed E-state index contributed by atoms with van der Waals surface area (Å²) in [5, 5.41) is 4.31. The van der Waals surface area contributed by atoms with E-state index in [1.165, 1.54) is 16.8 Å². The van der Waals surface area contributed by atoms with Crippen molar-refractivity contribution in [3.05, 3.63) is 101 Å². The highest BCUT2D eigenvalue weighted by molar-refractivity contribution is 6.00.